The molecule has 73 heavy (non-hydrogen) atoms. The number of allylic oxidation sites excluding steroid dienone is 1. The molecule has 0 aromatic carbocycles. The summed E-state index contributed by atoms with van der Waals surface area (Å²) >= 11 is 0. The molecule has 0 saturated carbocycles. The van der Waals surface area contributed by atoms with Gasteiger partial charge in [0.1, 0.15) is 0 Å². The first-order valence-corrected chi connectivity index (χ1v) is 34.2. The summed E-state index contributed by atoms with van der Waals surface area (Å²) in [4.78, 5) is 21.0. The lowest BCUT2D eigenvalue weighted by Gasteiger charge is -2.05. The van der Waals surface area contributed by atoms with Gasteiger partial charge in [-0.1, -0.05) is 398 Å². The van der Waals surface area contributed by atoms with E-state index in [2.05, 4.69) is 0 Å². The summed E-state index contributed by atoms with van der Waals surface area (Å²) in [6.45, 7) is 0. The Hall–Kier alpha value is -1.32. The molecule has 0 spiro atoms. The number of carbonyl (C=O) groups is 2. The van der Waals surface area contributed by atoms with Crippen molar-refractivity contribution in [1.29, 1.82) is 0 Å². The summed E-state index contributed by atoms with van der Waals surface area (Å²) in [7, 11) is 0. The summed E-state index contributed by atoms with van der Waals surface area (Å²) in [6.07, 6.45) is 94.0. The van der Waals surface area contributed by atoms with Gasteiger partial charge in [-0.3, -0.25) is 4.79 Å². The molecule has 0 aliphatic carbocycles. The van der Waals surface area contributed by atoms with Gasteiger partial charge in [0.15, 0.2) is 0 Å². The van der Waals surface area contributed by atoms with Gasteiger partial charge < -0.3 is 10.2 Å². The minimum Gasteiger partial charge on any atom is -0.481 e. The quantitative estimate of drug-likeness (QED) is 0.0470. The van der Waals surface area contributed by atoms with Crippen LogP contribution >= 0.6 is 0 Å². The Kier molecular flexibility index (Phi) is 65.6. The van der Waals surface area contributed by atoms with Crippen molar-refractivity contribution in [2.45, 2.75) is 417 Å². The third-order valence-corrected chi connectivity index (χ3v) is 16.5. The second kappa shape index (κ2) is 66.8. The van der Waals surface area contributed by atoms with E-state index in [0.29, 0.717) is 6.42 Å². The van der Waals surface area contributed by atoms with Crippen molar-refractivity contribution in [3.63, 3.8) is 0 Å². The highest BCUT2D eigenvalue weighted by Gasteiger charge is 2.01. The minimum atomic E-state index is -0.827. The van der Waals surface area contributed by atoms with E-state index in [0.717, 1.165) is 25.7 Å². The van der Waals surface area contributed by atoms with Crippen LogP contribution in [0.15, 0.2) is 12.2 Å². The van der Waals surface area contributed by atoms with Crippen LogP contribution in [-0.4, -0.2) is 22.2 Å². The van der Waals surface area contributed by atoms with Gasteiger partial charge >= 0.3 is 11.9 Å². The largest absolute Gasteiger partial charge is 0.481 e. The molecule has 0 fully saturated rings. The summed E-state index contributed by atoms with van der Waals surface area (Å²) in [5.74, 6) is -1.47. The van der Waals surface area contributed by atoms with Crippen LogP contribution in [0.3, 0.4) is 0 Å². The van der Waals surface area contributed by atoms with Crippen molar-refractivity contribution < 1.29 is 19.8 Å². The van der Waals surface area contributed by atoms with Crippen LogP contribution in [0.2, 0.25) is 0 Å². The highest BCUT2D eigenvalue weighted by atomic mass is 16.4. The van der Waals surface area contributed by atoms with E-state index >= 15 is 0 Å². The minimum absolute atomic E-state index is 0.345. The van der Waals surface area contributed by atoms with Crippen LogP contribution in [-0.2, 0) is 9.59 Å². The highest BCUT2D eigenvalue weighted by molar-refractivity contribution is 5.79. The Morgan fingerprint density at radius 2 is 0.315 bits per heavy atom. The van der Waals surface area contributed by atoms with E-state index in [-0.39, 0.29) is 0 Å². The van der Waals surface area contributed by atoms with Crippen molar-refractivity contribution >= 4 is 11.9 Å². The summed E-state index contributed by atoms with van der Waals surface area (Å²) < 4.78 is 0. The molecule has 0 amide bonds. The fourth-order valence-corrected chi connectivity index (χ4v) is 11.5. The van der Waals surface area contributed by atoms with Crippen molar-refractivity contribution in [3.05, 3.63) is 12.2 Å². The zero-order valence-corrected chi connectivity index (χ0v) is 49.8. The maximum Gasteiger partial charge on any atom is 0.327 e. The fraction of sp³-hybridized carbons (Fsp3) is 0.942. The van der Waals surface area contributed by atoms with Crippen LogP contribution in [0.1, 0.15) is 417 Å². The van der Waals surface area contributed by atoms with Crippen molar-refractivity contribution in [2.75, 3.05) is 0 Å². The Labute approximate surface area is 459 Å². The van der Waals surface area contributed by atoms with Gasteiger partial charge in [0.05, 0.1) is 0 Å². The van der Waals surface area contributed by atoms with Gasteiger partial charge in [-0.05, 0) is 19.3 Å². The number of aliphatic carboxylic acids is 2. The predicted molar refractivity (Wildman–Crippen MR) is 325 cm³/mol. The number of hydrogen-bond acceptors (Lipinski definition) is 2. The van der Waals surface area contributed by atoms with Gasteiger partial charge in [-0.25, -0.2) is 4.79 Å². The molecule has 0 unspecified atom stereocenters. The van der Waals surface area contributed by atoms with E-state index in [9.17, 15) is 9.59 Å². The normalized spacial score (nSPS) is 11.7. The van der Waals surface area contributed by atoms with E-state index in [1.165, 1.54) is 391 Å². The molecule has 4 nitrogen and oxygen atoms in total. The maximum absolute atomic E-state index is 10.5. The lowest BCUT2D eigenvalue weighted by Crippen LogP contribution is -1.93. The Bertz CT molecular complexity index is 1050. The first-order valence-electron chi connectivity index (χ1n) is 34.2. The molecule has 434 valence electrons. The topological polar surface area (TPSA) is 74.6 Å². The molecule has 0 aliphatic heterocycles. The highest BCUT2D eigenvalue weighted by Crippen LogP contribution is 2.20. The number of unbranched alkanes of at least 4 members (excludes halogenated alkanes) is 63. The van der Waals surface area contributed by atoms with E-state index in [1.54, 1.807) is 6.08 Å². The third kappa shape index (κ3) is 70.7. The lowest BCUT2D eigenvalue weighted by molar-refractivity contribution is -0.137. The molecule has 0 aromatic heterocycles. The van der Waals surface area contributed by atoms with Crippen molar-refractivity contribution in [1.82, 2.24) is 0 Å². The van der Waals surface area contributed by atoms with Crippen molar-refractivity contribution in [2.24, 2.45) is 0 Å². The van der Waals surface area contributed by atoms with E-state index in [1.807, 2.05) is 0 Å². The third-order valence-electron chi connectivity index (χ3n) is 16.5. The lowest BCUT2D eigenvalue weighted by atomic mass is 10.0. The van der Waals surface area contributed by atoms with E-state index in [4.69, 9.17) is 10.2 Å². The second-order valence-corrected chi connectivity index (χ2v) is 23.9. The number of hydrogen-bond donors (Lipinski definition) is 2. The zero-order valence-electron chi connectivity index (χ0n) is 49.8. The van der Waals surface area contributed by atoms with E-state index < -0.39 is 11.9 Å². The fourth-order valence-electron chi connectivity index (χ4n) is 11.5. The maximum atomic E-state index is 10.5. The monoisotopic (exact) mass is 1030 g/mol. The first-order chi connectivity index (χ1) is 36.1. The molecule has 0 bridgehead atoms. The molecule has 0 rings (SSSR count). The summed E-state index contributed by atoms with van der Waals surface area (Å²) in [6, 6.07) is 0. The molecule has 0 aromatic rings. The molecule has 0 saturated heterocycles. The summed E-state index contributed by atoms with van der Waals surface area (Å²) in [5.41, 5.74) is 0. The molecule has 4 heteroatoms. The van der Waals surface area contributed by atoms with Crippen LogP contribution in [0.25, 0.3) is 0 Å². The average Bonchev–Trinajstić information content (AvgIpc) is 3.38. The molecule has 2 N–H and O–H groups in total. The van der Waals surface area contributed by atoms with Crippen LogP contribution < -0.4 is 0 Å². The predicted octanol–water partition coefficient (Wildman–Crippen LogP) is 25.1. The molecule has 0 atom stereocenters. The molecular weight excluding hydrogens is 893 g/mol. The molecule has 0 aliphatic rings. The molecule has 0 radical (unpaired) electrons. The van der Waals surface area contributed by atoms with Gasteiger partial charge in [0.2, 0.25) is 0 Å². The zero-order chi connectivity index (χ0) is 52.5. The molecular formula is C69H134O4. The number of rotatable bonds is 67. The molecule has 0 heterocycles. The van der Waals surface area contributed by atoms with Gasteiger partial charge in [0.25, 0.3) is 0 Å². The number of carboxylic acid groups (broad SMARTS) is 2. The smallest absolute Gasteiger partial charge is 0.327 e. The average molecular weight is 1030 g/mol. The van der Waals surface area contributed by atoms with Gasteiger partial charge in [0, 0.05) is 12.5 Å². The Morgan fingerprint density at radius 1 is 0.192 bits per heavy atom. The van der Waals surface area contributed by atoms with Crippen LogP contribution in [0.4, 0.5) is 0 Å². The van der Waals surface area contributed by atoms with Crippen molar-refractivity contribution in [3.8, 4) is 0 Å². The van der Waals surface area contributed by atoms with Gasteiger partial charge in [-0.2, -0.15) is 0 Å². The Balaban J connectivity index is 3.08. The van der Waals surface area contributed by atoms with Crippen LogP contribution in [0, 0.1) is 0 Å². The van der Waals surface area contributed by atoms with Crippen LogP contribution in [0.5, 0.6) is 0 Å². The standard InChI is InChI=1S/C69H134O4/c70-68(71)66-64-62-60-58-56-54-52-50-48-46-44-42-40-38-36-34-32-30-28-26-24-22-20-18-16-14-12-10-8-6-4-2-1-3-5-7-9-11-13-15-17-19-21-23-25-27-29-31-33-35-37-39-41-43-45-47-49-51-53-55-57-59-61-63-65-67-69(72)73/h64,66H,1-63,65,67H2,(H,70,71)(H,72,73). The summed E-state index contributed by atoms with van der Waals surface area (Å²) in [5, 5.41) is 17.3. The first kappa shape index (κ1) is 71.7. The number of carboxylic acids is 2. The van der Waals surface area contributed by atoms with Gasteiger partial charge in [-0.15, -0.1) is 0 Å². The SMILES string of the molecule is O=C(O)C=CCCCCCCCCCCCCCCCCCCCCCCCCCCCCCCCCCCCCCCCCCCCCCCCCCCCCCCCCCCCCCCCCCC(=O)O. The second-order valence-electron chi connectivity index (χ2n) is 23.9. The Morgan fingerprint density at radius 3 is 0.438 bits per heavy atom.